The summed E-state index contributed by atoms with van der Waals surface area (Å²) < 4.78 is 4.78. The van der Waals surface area contributed by atoms with Crippen LogP contribution >= 0.6 is 0 Å². The number of carbonyl (C=O) groups is 3. The van der Waals surface area contributed by atoms with Crippen molar-refractivity contribution < 1.29 is 24.2 Å². The summed E-state index contributed by atoms with van der Waals surface area (Å²) in [6, 6.07) is 7.56. The van der Waals surface area contributed by atoms with Gasteiger partial charge in [-0.1, -0.05) is 30.3 Å². The molecule has 0 saturated heterocycles. The van der Waals surface area contributed by atoms with Crippen molar-refractivity contribution in [3.63, 3.8) is 0 Å². The van der Waals surface area contributed by atoms with Gasteiger partial charge in [-0.05, 0) is 5.56 Å². The van der Waals surface area contributed by atoms with Gasteiger partial charge in [0, 0.05) is 0 Å². The number of benzene rings is 1. The molecule has 0 radical (unpaired) electrons. The molecule has 1 aromatic carbocycles. The fourth-order valence-electron chi connectivity index (χ4n) is 1.21. The number of nitrogens with two attached hydrogens (primary N) is 1. The third-order valence-corrected chi connectivity index (χ3v) is 2.18. The predicted octanol–water partition coefficient (Wildman–Crippen LogP) is 0.241. The highest BCUT2D eigenvalue weighted by Gasteiger charge is 2.18. The smallest absolute Gasteiger partial charge is 0.414 e. The van der Waals surface area contributed by atoms with E-state index in [-0.39, 0.29) is 6.61 Å². The molecule has 0 unspecified atom stereocenters. The van der Waals surface area contributed by atoms with Gasteiger partial charge >= 0.3 is 12.1 Å². The van der Waals surface area contributed by atoms with Gasteiger partial charge in [0.15, 0.2) is 0 Å². The summed E-state index contributed by atoms with van der Waals surface area (Å²) in [4.78, 5) is 32.9. The summed E-state index contributed by atoms with van der Waals surface area (Å²) in [6.45, 7) is 0.0188. The zero-order valence-electron chi connectivity index (χ0n) is 10.0. The van der Waals surface area contributed by atoms with Crippen molar-refractivity contribution in [3.8, 4) is 0 Å². The third kappa shape index (κ3) is 5.64. The van der Waals surface area contributed by atoms with E-state index in [2.05, 4.69) is 0 Å². The lowest BCUT2D eigenvalue weighted by Crippen LogP contribution is -2.39. The quantitative estimate of drug-likeness (QED) is 0.702. The van der Waals surface area contributed by atoms with Crippen LogP contribution < -0.4 is 11.1 Å². The summed E-state index contributed by atoms with van der Waals surface area (Å²) >= 11 is 0. The third-order valence-electron chi connectivity index (χ3n) is 2.18. The van der Waals surface area contributed by atoms with Crippen molar-refractivity contribution in [2.75, 3.05) is 0 Å². The molecule has 0 saturated carbocycles. The van der Waals surface area contributed by atoms with Crippen LogP contribution in [0.15, 0.2) is 30.3 Å². The van der Waals surface area contributed by atoms with Crippen LogP contribution in [-0.2, 0) is 20.9 Å². The Bertz CT molecular complexity index is 460. The van der Waals surface area contributed by atoms with Gasteiger partial charge in [0.25, 0.3) is 0 Å². The van der Waals surface area contributed by atoms with Crippen LogP contribution in [-0.4, -0.2) is 29.1 Å². The van der Waals surface area contributed by atoms with Crippen molar-refractivity contribution in [1.29, 1.82) is 0 Å². The van der Waals surface area contributed by atoms with Crippen LogP contribution in [0.4, 0.5) is 4.79 Å². The predicted molar refractivity (Wildman–Crippen MR) is 65.0 cm³/mol. The average Bonchev–Trinajstić information content (AvgIpc) is 2.37. The van der Waals surface area contributed by atoms with Crippen LogP contribution in [0.3, 0.4) is 0 Å². The van der Waals surface area contributed by atoms with E-state index >= 15 is 0 Å². The van der Waals surface area contributed by atoms with E-state index in [1.807, 2.05) is 11.4 Å². The SMILES string of the molecule is N[C@@H](CC(=O)NC(=O)OCc1ccccc1)C(=O)O. The van der Waals surface area contributed by atoms with E-state index in [0.29, 0.717) is 0 Å². The summed E-state index contributed by atoms with van der Waals surface area (Å²) in [5, 5.41) is 10.4. The van der Waals surface area contributed by atoms with Crippen molar-refractivity contribution in [2.24, 2.45) is 5.73 Å². The molecule has 4 N–H and O–H groups in total. The highest BCUT2D eigenvalue weighted by Crippen LogP contribution is 2.00. The number of imide groups is 1. The number of hydrogen-bond donors (Lipinski definition) is 3. The van der Waals surface area contributed by atoms with Crippen molar-refractivity contribution in [3.05, 3.63) is 35.9 Å². The first kappa shape index (κ1) is 14.7. The number of alkyl carbamates (subject to hydrolysis) is 1. The zero-order chi connectivity index (χ0) is 14.3. The summed E-state index contributed by atoms with van der Waals surface area (Å²) in [5.74, 6) is -2.11. The Hall–Kier alpha value is -2.41. The number of carboxylic acids is 1. The van der Waals surface area contributed by atoms with Gasteiger partial charge < -0.3 is 15.6 Å². The maximum Gasteiger partial charge on any atom is 0.414 e. The van der Waals surface area contributed by atoms with Gasteiger partial charge in [0.2, 0.25) is 5.91 Å². The molecule has 7 nitrogen and oxygen atoms in total. The normalized spacial score (nSPS) is 11.4. The molecule has 0 spiro atoms. The van der Waals surface area contributed by atoms with E-state index in [1.165, 1.54) is 0 Å². The Balaban J connectivity index is 2.31. The molecule has 0 fully saturated rings. The molecular weight excluding hydrogens is 252 g/mol. The van der Waals surface area contributed by atoms with Gasteiger partial charge in [-0.3, -0.25) is 14.9 Å². The van der Waals surface area contributed by atoms with E-state index in [4.69, 9.17) is 15.6 Å². The second-order valence-corrected chi connectivity index (χ2v) is 3.76. The van der Waals surface area contributed by atoms with Crippen LogP contribution in [0.2, 0.25) is 0 Å². The molecule has 102 valence electrons. The minimum atomic E-state index is -1.35. The zero-order valence-corrected chi connectivity index (χ0v) is 10.0. The van der Waals surface area contributed by atoms with Crippen molar-refractivity contribution in [1.82, 2.24) is 5.32 Å². The van der Waals surface area contributed by atoms with E-state index < -0.39 is 30.4 Å². The lowest BCUT2D eigenvalue weighted by molar-refractivity contribution is -0.140. The number of hydrogen-bond acceptors (Lipinski definition) is 5. The molecular formula is C12H14N2O5. The lowest BCUT2D eigenvalue weighted by Gasteiger charge is -2.07. The summed E-state index contributed by atoms with van der Waals surface area (Å²) in [7, 11) is 0. The van der Waals surface area contributed by atoms with Crippen LogP contribution in [0.1, 0.15) is 12.0 Å². The maximum atomic E-state index is 11.2. The molecule has 1 rings (SSSR count). The molecule has 0 heterocycles. The van der Waals surface area contributed by atoms with Crippen LogP contribution in [0.25, 0.3) is 0 Å². The number of carbonyl (C=O) groups excluding carboxylic acids is 2. The first-order chi connectivity index (χ1) is 8.99. The molecule has 7 heteroatoms. The summed E-state index contributed by atoms with van der Waals surface area (Å²) in [5.41, 5.74) is 5.92. The number of amides is 2. The molecule has 0 bridgehead atoms. The average molecular weight is 266 g/mol. The second kappa shape index (κ2) is 7.12. The van der Waals surface area contributed by atoms with Gasteiger partial charge in [0.1, 0.15) is 12.6 Å². The molecule has 0 aliphatic rings. The molecule has 1 atom stereocenters. The Kier molecular flexibility index (Phi) is 5.49. The highest BCUT2D eigenvalue weighted by molar-refractivity contribution is 5.94. The maximum absolute atomic E-state index is 11.2. The second-order valence-electron chi connectivity index (χ2n) is 3.76. The van der Waals surface area contributed by atoms with Gasteiger partial charge in [0.05, 0.1) is 6.42 Å². The van der Waals surface area contributed by atoms with Gasteiger partial charge in [-0.15, -0.1) is 0 Å². The molecule has 0 aliphatic carbocycles. The first-order valence-electron chi connectivity index (χ1n) is 5.48. The fourth-order valence-corrected chi connectivity index (χ4v) is 1.21. The first-order valence-corrected chi connectivity index (χ1v) is 5.48. The summed E-state index contributed by atoms with van der Waals surface area (Å²) in [6.07, 6.45) is -1.43. The minimum absolute atomic E-state index is 0.0188. The Labute approximate surface area is 109 Å². The van der Waals surface area contributed by atoms with E-state index in [0.717, 1.165) is 5.56 Å². The lowest BCUT2D eigenvalue weighted by atomic mass is 10.2. The fraction of sp³-hybridized carbons (Fsp3) is 0.250. The number of aliphatic carboxylic acids is 1. The number of nitrogens with one attached hydrogen (secondary N) is 1. The molecule has 1 aromatic rings. The monoisotopic (exact) mass is 266 g/mol. The van der Waals surface area contributed by atoms with Crippen molar-refractivity contribution >= 4 is 18.0 Å². The Morgan fingerprint density at radius 1 is 1.26 bits per heavy atom. The molecule has 0 aromatic heterocycles. The molecule has 19 heavy (non-hydrogen) atoms. The topological polar surface area (TPSA) is 119 Å². The Morgan fingerprint density at radius 2 is 1.89 bits per heavy atom. The van der Waals surface area contributed by atoms with Crippen LogP contribution in [0, 0.1) is 0 Å². The minimum Gasteiger partial charge on any atom is -0.480 e. The standard InChI is InChI=1S/C12H14N2O5/c13-9(11(16)17)6-10(15)14-12(18)19-7-8-4-2-1-3-5-8/h1-5,9H,6-7,13H2,(H,16,17)(H,14,15,18)/t9-/m0/s1. The largest absolute Gasteiger partial charge is 0.480 e. The number of carboxylic acid groups (broad SMARTS) is 1. The van der Waals surface area contributed by atoms with E-state index in [1.54, 1.807) is 24.3 Å². The Morgan fingerprint density at radius 3 is 2.47 bits per heavy atom. The molecule has 2 amide bonds. The highest BCUT2D eigenvalue weighted by atomic mass is 16.5. The molecule has 0 aliphatic heterocycles. The van der Waals surface area contributed by atoms with E-state index in [9.17, 15) is 14.4 Å². The van der Waals surface area contributed by atoms with Crippen molar-refractivity contribution in [2.45, 2.75) is 19.1 Å². The number of ether oxygens (including phenoxy) is 1. The van der Waals surface area contributed by atoms with Gasteiger partial charge in [-0.2, -0.15) is 0 Å². The van der Waals surface area contributed by atoms with Gasteiger partial charge in [-0.25, -0.2) is 4.79 Å². The number of rotatable bonds is 5. The van der Waals surface area contributed by atoms with Crippen LogP contribution in [0.5, 0.6) is 0 Å².